The van der Waals surface area contributed by atoms with E-state index >= 15 is 0 Å². The van der Waals surface area contributed by atoms with Gasteiger partial charge in [0.1, 0.15) is 0 Å². The van der Waals surface area contributed by atoms with Crippen molar-refractivity contribution in [1.29, 1.82) is 0 Å². The summed E-state index contributed by atoms with van der Waals surface area (Å²) in [4.78, 5) is 0. The van der Waals surface area contributed by atoms with Crippen LogP contribution in [0.25, 0.3) is 0 Å². The van der Waals surface area contributed by atoms with Gasteiger partial charge in [-0.15, -0.1) is 0 Å². The highest BCUT2D eigenvalue weighted by atomic mass is 16.3. The number of aliphatic hydroxyl groups excluding tert-OH is 2. The lowest BCUT2D eigenvalue weighted by Crippen LogP contribution is -2.58. The maximum absolute atomic E-state index is 11.2. The number of aliphatic hydroxyl groups is 3. The van der Waals surface area contributed by atoms with Gasteiger partial charge in [0.15, 0.2) is 0 Å². The van der Waals surface area contributed by atoms with E-state index in [9.17, 15) is 15.3 Å². The molecule has 0 heterocycles. The van der Waals surface area contributed by atoms with Crippen molar-refractivity contribution in [2.45, 2.75) is 89.9 Å². The zero-order chi connectivity index (χ0) is 17.3. The summed E-state index contributed by atoms with van der Waals surface area (Å²) in [7, 11) is 0. The Labute approximate surface area is 146 Å². The summed E-state index contributed by atoms with van der Waals surface area (Å²) in [6, 6.07) is 0. The smallest absolute Gasteiger partial charge is 0.0958 e. The van der Waals surface area contributed by atoms with Crippen LogP contribution in [0.2, 0.25) is 0 Å². The lowest BCUT2D eigenvalue weighted by molar-refractivity contribution is -0.170. The van der Waals surface area contributed by atoms with Crippen LogP contribution in [0.1, 0.15) is 72.1 Å². The van der Waals surface area contributed by atoms with Crippen LogP contribution >= 0.6 is 0 Å². The summed E-state index contributed by atoms with van der Waals surface area (Å²) in [6.45, 7) is 6.43. The predicted octanol–water partition coefficient (Wildman–Crippen LogP) is 3.42. The molecule has 3 saturated carbocycles. The molecule has 4 rings (SSSR count). The molecule has 4 aliphatic carbocycles. The Hall–Kier alpha value is -0.380. The van der Waals surface area contributed by atoms with Gasteiger partial charge in [-0.1, -0.05) is 25.5 Å². The predicted molar refractivity (Wildman–Crippen MR) is 94.3 cm³/mol. The molecule has 8 atom stereocenters. The maximum Gasteiger partial charge on any atom is 0.0958 e. The standard InChI is InChI=1S/C21H34O3/c1-13(22)21(24)11-8-18-16-5-4-14-12-15(23)6-9-19(14,2)17(16)7-10-20(18,21)3/h4,13,15-18,22-24H,5-12H2,1-3H3/t13-,15-,16-,17-,18+,19-,20-,21+/m1/s1. The number of fused-ring (bicyclic) bond motifs is 5. The van der Waals surface area contributed by atoms with Gasteiger partial charge in [-0.25, -0.2) is 0 Å². The minimum atomic E-state index is -0.920. The van der Waals surface area contributed by atoms with Gasteiger partial charge in [0.05, 0.1) is 17.8 Å². The van der Waals surface area contributed by atoms with Gasteiger partial charge in [-0.2, -0.15) is 0 Å². The number of hydrogen-bond donors (Lipinski definition) is 3. The maximum atomic E-state index is 11.2. The first-order chi connectivity index (χ1) is 11.2. The molecule has 0 aromatic carbocycles. The van der Waals surface area contributed by atoms with Gasteiger partial charge in [-0.05, 0) is 81.5 Å². The largest absolute Gasteiger partial charge is 0.393 e. The Morgan fingerprint density at radius 3 is 2.50 bits per heavy atom. The topological polar surface area (TPSA) is 60.7 Å². The third-order valence-electron chi connectivity index (χ3n) is 8.98. The van der Waals surface area contributed by atoms with E-state index in [1.54, 1.807) is 6.92 Å². The molecule has 3 fully saturated rings. The summed E-state index contributed by atoms with van der Waals surface area (Å²) in [5.74, 6) is 1.82. The van der Waals surface area contributed by atoms with Gasteiger partial charge >= 0.3 is 0 Å². The first-order valence-corrected chi connectivity index (χ1v) is 10.0. The van der Waals surface area contributed by atoms with Crippen molar-refractivity contribution < 1.29 is 15.3 Å². The Morgan fingerprint density at radius 2 is 1.79 bits per heavy atom. The second-order valence-corrected chi connectivity index (χ2v) is 9.75. The Morgan fingerprint density at radius 1 is 1.08 bits per heavy atom. The van der Waals surface area contributed by atoms with Crippen LogP contribution in [0.3, 0.4) is 0 Å². The van der Waals surface area contributed by atoms with E-state index in [0.717, 1.165) is 51.4 Å². The number of allylic oxidation sites excluding steroid dienone is 1. The lowest BCUT2D eigenvalue weighted by Gasteiger charge is -2.59. The second-order valence-electron chi connectivity index (χ2n) is 9.75. The van der Waals surface area contributed by atoms with Crippen molar-refractivity contribution in [3.8, 4) is 0 Å². The van der Waals surface area contributed by atoms with E-state index in [2.05, 4.69) is 19.9 Å². The molecule has 0 spiro atoms. The molecule has 0 aromatic heterocycles. The van der Waals surface area contributed by atoms with Crippen molar-refractivity contribution in [3.63, 3.8) is 0 Å². The minimum absolute atomic E-state index is 0.151. The zero-order valence-electron chi connectivity index (χ0n) is 15.5. The van der Waals surface area contributed by atoms with Crippen LogP contribution in [-0.2, 0) is 0 Å². The molecule has 0 aromatic rings. The summed E-state index contributed by atoms with van der Waals surface area (Å²) in [5.41, 5.74) is 0.665. The van der Waals surface area contributed by atoms with Gasteiger partial charge in [0.25, 0.3) is 0 Å². The van der Waals surface area contributed by atoms with Crippen molar-refractivity contribution in [2.24, 2.45) is 28.6 Å². The fourth-order valence-corrected chi connectivity index (χ4v) is 7.38. The summed E-state index contributed by atoms with van der Waals surface area (Å²) >= 11 is 0. The highest BCUT2D eigenvalue weighted by Gasteiger charge is 2.64. The average Bonchev–Trinajstić information content (AvgIpc) is 2.81. The molecule has 24 heavy (non-hydrogen) atoms. The molecule has 0 bridgehead atoms. The third-order valence-corrected chi connectivity index (χ3v) is 8.98. The summed E-state index contributed by atoms with van der Waals surface area (Å²) in [5, 5.41) is 31.6. The van der Waals surface area contributed by atoms with Crippen molar-refractivity contribution in [3.05, 3.63) is 11.6 Å². The van der Waals surface area contributed by atoms with E-state index < -0.39 is 11.7 Å². The van der Waals surface area contributed by atoms with Crippen molar-refractivity contribution in [2.75, 3.05) is 0 Å². The molecule has 3 heteroatoms. The fraction of sp³-hybridized carbons (Fsp3) is 0.905. The monoisotopic (exact) mass is 334 g/mol. The minimum Gasteiger partial charge on any atom is -0.393 e. The first kappa shape index (κ1) is 17.1. The van der Waals surface area contributed by atoms with Gasteiger partial charge in [-0.3, -0.25) is 0 Å². The normalized spacial score (nSPS) is 55.2. The SMILES string of the molecule is C[C@@H](O)[C@@]1(O)CC[C@H]2[C@@H]3CC=C4C[C@H](O)CC[C@@]4(C)[C@@H]3CC[C@]21C. The first-order valence-electron chi connectivity index (χ1n) is 10.0. The highest BCUT2D eigenvalue weighted by molar-refractivity contribution is 5.26. The van der Waals surface area contributed by atoms with Crippen LogP contribution < -0.4 is 0 Å². The molecular formula is C21H34O3. The van der Waals surface area contributed by atoms with Gasteiger partial charge in [0.2, 0.25) is 0 Å². The van der Waals surface area contributed by atoms with Crippen LogP contribution in [0.15, 0.2) is 11.6 Å². The van der Waals surface area contributed by atoms with E-state index in [-0.39, 0.29) is 16.9 Å². The van der Waals surface area contributed by atoms with E-state index in [0.29, 0.717) is 17.8 Å². The Bertz CT molecular complexity index is 555. The quantitative estimate of drug-likeness (QED) is 0.644. The summed E-state index contributed by atoms with van der Waals surface area (Å²) in [6.07, 6.45) is 9.56. The van der Waals surface area contributed by atoms with Crippen LogP contribution in [-0.4, -0.2) is 33.1 Å². The third kappa shape index (κ3) is 2.01. The van der Waals surface area contributed by atoms with Crippen LogP contribution in [0.4, 0.5) is 0 Å². The molecule has 0 saturated heterocycles. The highest BCUT2D eigenvalue weighted by Crippen LogP contribution is 2.67. The van der Waals surface area contributed by atoms with E-state index in [1.165, 1.54) is 5.57 Å². The van der Waals surface area contributed by atoms with Crippen LogP contribution in [0.5, 0.6) is 0 Å². The van der Waals surface area contributed by atoms with Gasteiger partial charge < -0.3 is 15.3 Å². The van der Waals surface area contributed by atoms with Crippen molar-refractivity contribution >= 4 is 0 Å². The fourth-order valence-electron chi connectivity index (χ4n) is 7.38. The second kappa shape index (κ2) is 5.31. The molecule has 0 amide bonds. The number of hydrogen-bond acceptors (Lipinski definition) is 3. The van der Waals surface area contributed by atoms with E-state index in [4.69, 9.17) is 0 Å². The van der Waals surface area contributed by atoms with Crippen LogP contribution in [0, 0.1) is 28.6 Å². The zero-order valence-corrected chi connectivity index (χ0v) is 15.5. The average molecular weight is 335 g/mol. The molecule has 3 nitrogen and oxygen atoms in total. The molecule has 4 aliphatic rings. The Balaban J connectivity index is 1.68. The van der Waals surface area contributed by atoms with Gasteiger partial charge in [0, 0.05) is 5.41 Å². The lowest BCUT2D eigenvalue weighted by atomic mass is 9.46. The molecule has 136 valence electrons. The van der Waals surface area contributed by atoms with Crippen molar-refractivity contribution in [1.82, 2.24) is 0 Å². The van der Waals surface area contributed by atoms with E-state index in [1.807, 2.05) is 0 Å². The molecule has 0 aliphatic heterocycles. The molecule has 3 N–H and O–H groups in total. The Kier molecular flexibility index (Phi) is 3.77. The number of rotatable bonds is 1. The molecular weight excluding hydrogens is 300 g/mol. The summed E-state index contributed by atoms with van der Waals surface area (Å²) < 4.78 is 0. The molecule has 0 unspecified atom stereocenters. The molecule has 0 radical (unpaired) electrons.